The summed E-state index contributed by atoms with van der Waals surface area (Å²) in [5, 5.41) is 9.07. The maximum atomic E-state index is 11.1. The average Bonchev–Trinajstić information content (AvgIpc) is 2.94. The lowest BCUT2D eigenvalue weighted by molar-refractivity contribution is 0.0696. The van der Waals surface area contributed by atoms with Crippen LogP contribution in [0, 0.1) is 0 Å². The minimum Gasteiger partial charge on any atom is -0.478 e. The van der Waals surface area contributed by atoms with E-state index >= 15 is 0 Å². The van der Waals surface area contributed by atoms with Crippen LogP contribution in [0.3, 0.4) is 0 Å². The number of halogens is 1. The van der Waals surface area contributed by atoms with Gasteiger partial charge in [0.25, 0.3) is 0 Å². The fourth-order valence-electron chi connectivity index (χ4n) is 2.95. The molecule has 19 heavy (non-hydrogen) atoms. The van der Waals surface area contributed by atoms with Gasteiger partial charge in [0.15, 0.2) is 0 Å². The number of carboxylic acid groups (broad SMARTS) is 1. The van der Waals surface area contributed by atoms with Crippen molar-refractivity contribution < 1.29 is 14.6 Å². The van der Waals surface area contributed by atoms with Crippen molar-refractivity contribution in [3.05, 3.63) is 68.7 Å². The maximum Gasteiger partial charge on any atom is 0.335 e. The number of fused-ring (bicyclic) bond motifs is 8. The fourth-order valence-corrected chi connectivity index (χ4v) is 3.33. The summed E-state index contributed by atoms with van der Waals surface area (Å²) < 4.78 is 7.02. The number of ether oxygens (including phenoxy) is 1. The molecule has 4 rings (SSSR count). The van der Waals surface area contributed by atoms with Gasteiger partial charge >= 0.3 is 5.97 Å². The topological polar surface area (TPSA) is 46.5 Å². The van der Waals surface area contributed by atoms with Crippen LogP contribution >= 0.6 is 15.9 Å². The van der Waals surface area contributed by atoms with Crippen LogP contribution in [0.15, 0.2) is 40.9 Å². The van der Waals surface area contributed by atoms with E-state index in [0.717, 1.165) is 21.2 Å². The summed E-state index contributed by atoms with van der Waals surface area (Å²) in [6, 6.07) is 11.3. The second kappa shape index (κ2) is 3.68. The molecule has 0 spiro atoms. The fraction of sp³-hybridized carbons (Fsp3) is 0.133. The average molecular weight is 317 g/mol. The van der Waals surface area contributed by atoms with Gasteiger partial charge in [0, 0.05) is 4.47 Å². The summed E-state index contributed by atoms with van der Waals surface area (Å²) in [5.41, 5.74) is 4.70. The van der Waals surface area contributed by atoms with Gasteiger partial charge in [-0.25, -0.2) is 4.79 Å². The molecule has 94 valence electrons. The van der Waals surface area contributed by atoms with E-state index in [4.69, 9.17) is 9.84 Å². The van der Waals surface area contributed by atoms with Gasteiger partial charge in [0.2, 0.25) is 0 Å². The molecule has 2 aromatic rings. The minimum absolute atomic E-state index is 0.0599. The standard InChI is InChI=1S/C15H9BrO3/c16-8-2-4-10-12(6-8)14-9-3-1-7(15(17)18)5-11(9)13(10)19-14/h1-6,13-14H,(H,17,18)/t13-,14-/m1/s1. The molecule has 2 bridgehead atoms. The van der Waals surface area contributed by atoms with E-state index in [1.165, 1.54) is 5.56 Å². The van der Waals surface area contributed by atoms with Crippen molar-refractivity contribution in [1.82, 2.24) is 0 Å². The van der Waals surface area contributed by atoms with E-state index in [1.807, 2.05) is 18.2 Å². The molecule has 2 heterocycles. The Kier molecular flexibility index (Phi) is 2.17. The Morgan fingerprint density at radius 1 is 1.00 bits per heavy atom. The molecule has 2 aliphatic rings. The third-order valence-electron chi connectivity index (χ3n) is 3.78. The molecule has 1 N–H and O–H groups in total. The summed E-state index contributed by atoms with van der Waals surface area (Å²) in [6.45, 7) is 0. The number of carbonyl (C=O) groups is 1. The summed E-state index contributed by atoms with van der Waals surface area (Å²) in [7, 11) is 0. The summed E-state index contributed by atoms with van der Waals surface area (Å²) in [4.78, 5) is 11.1. The molecule has 2 atom stereocenters. The molecule has 0 aliphatic carbocycles. The van der Waals surface area contributed by atoms with Gasteiger partial charge in [-0.2, -0.15) is 0 Å². The van der Waals surface area contributed by atoms with E-state index in [9.17, 15) is 4.79 Å². The molecule has 0 amide bonds. The Morgan fingerprint density at radius 3 is 2.32 bits per heavy atom. The lowest BCUT2D eigenvalue weighted by Crippen LogP contribution is -2.05. The van der Waals surface area contributed by atoms with Gasteiger partial charge < -0.3 is 9.84 Å². The first kappa shape index (κ1) is 11.2. The molecular formula is C15H9BrO3. The first-order valence-corrected chi connectivity index (χ1v) is 6.76. The van der Waals surface area contributed by atoms with E-state index < -0.39 is 5.97 Å². The highest BCUT2D eigenvalue weighted by molar-refractivity contribution is 9.10. The highest BCUT2D eigenvalue weighted by atomic mass is 79.9. The third kappa shape index (κ3) is 1.44. The van der Waals surface area contributed by atoms with Gasteiger partial charge in [0.05, 0.1) is 5.56 Å². The first-order chi connectivity index (χ1) is 9.15. The Morgan fingerprint density at radius 2 is 1.63 bits per heavy atom. The van der Waals surface area contributed by atoms with Crippen molar-refractivity contribution in [2.75, 3.05) is 0 Å². The van der Waals surface area contributed by atoms with Crippen LogP contribution in [0.4, 0.5) is 0 Å². The summed E-state index contributed by atoms with van der Waals surface area (Å²) in [5.74, 6) is -0.901. The van der Waals surface area contributed by atoms with Crippen LogP contribution in [0.1, 0.15) is 44.8 Å². The maximum absolute atomic E-state index is 11.1. The van der Waals surface area contributed by atoms with Gasteiger partial charge in [0.1, 0.15) is 12.2 Å². The summed E-state index contributed by atoms with van der Waals surface area (Å²) >= 11 is 3.47. The second-order valence-corrected chi connectivity index (χ2v) is 5.73. The van der Waals surface area contributed by atoms with Crippen molar-refractivity contribution in [2.45, 2.75) is 12.2 Å². The van der Waals surface area contributed by atoms with E-state index in [-0.39, 0.29) is 12.2 Å². The second-order valence-electron chi connectivity index (χ2n) is 4.82. The van der Waals surface area contributed by atoms with Gasteiger partial charge in [-0.05, 0) is 46.5 Å². The lowest BCUT2D eigenvalue weighted by Gasteiger charge is -2.16. The molecule has 0 aromatic heterocycles. The molecule has 0 saturated heterocycles. The van der Waals surface area contributed by atoms with Crippen molar-refractivity contribution in [1.29, 1.82) is 0 Å². The smallest absolute Gasteiger partial charge is 0.335 e. The predicted octanol–water partition coefficient (Wildman–Crippen LogP) is 3.67. The molecule has 3 nitrogen and oxygen atoms in total. The third-order valence-corrected chi connectivity index (χ3v) is 4.28. The zero-order valence-corrected chi connectivity index (χ0v) is 11.3. The van der Waals surface area contributed by atoms with E-state index in [1.54, 1.807) is 12.1 Å². The number of aromatic carboxylic acids is 1. The first-order valence-electron chi connectivity index (χ1n) is 5.97. The number of benzene rings is 2. The largest absolute Gasteiger partial charge is 0.478 e. The predicted molar refractivity (Wildman–Crippen MR) is 72.3 cm³/mol. The lowest BCUT2D eigenvalue weighted by atomic mass is 9.85. The zero-order valence-electron chi connectivity index (χ0n) is 9.76. The Hall–Kier alpha value is -1.65. The normalized spacial score (nSPS) is 22.2. The molecule has 2 aliphatic heterocycles. The van der Waals surface area contributed by atoms with Crippen molar-refractivity contribution >= 4 is 21.9 Å². The molecule has 4 heteroatoms. The van der Waals surface area contributed by atoms with Crippen LogP contribution in [0.5, 0.6) is 0 Å². The summed E-state index contributed by atoms with van der Waals surface area (Å²) in [6.07, 6.45) is -0.183. The van der Waals surface area contributed by atoms with Crippen LogP contribution in [-0.2, 0) is 4.74 Å². The Balaban J connectivity index is 1.90. The number of carboxylic acids is 1. The zero-order chi connectivity index (χ0) is 13.1. The van der Waals surface area contributed by atoms with E-state index in [0.29, 0.717) is 5.56 Å². The van der Waals surface area contributed by atoms with Crippen molar-refractivity contribution in [3.63, 3.8) is 0 Å². The molecule has 0 fully saturated rings. The van der Waals surface area contributed by atoms with Crippen molar-refractivity contribution in [2.24, 2.45) is 0 Å². The van der Waals surface area contributed by atoms with Crippen LogP contribution in [-0.4, -0.2) is 11.1 Å². The van der Waals surface area contributed by atoms with E-state index in [2.05, 4.69) is 22.0 Å². The number of rotatable bonds is 1. The molecular weight excluding hydrogens is 308 g/mol. The quantitative estimate of drug-likeness (QED) is 0.873. The van der Waals surface area contributed by atoms with Gasteiger partial charge in [-0.15, -0.1) is 0 Å². The monoisotopic (exact) mass is 316 g/mol. The Labute approximate surface area is 118 Å². The Bertz CT molecular complexity index is 723. The van der Waals surface area contributed by atoms with Crippen LogP contribution in [0.2, 0.25) is 0 Å². The molecule has 0 radical (unpaired) electrons. The molecule has 0 unspecified atom stereocenters. The van der Waals surface area contributed by atoms with Gasteiger partial charge in [-0.1, -0.05) is 28.1 Å². The molecule has 2 aromatic carbocycles. The molecule has 0 saturated carbocycles. The highest BCUT2D eigenvalue weighted by Gasteiger charge is 2.42. The highest BCUT2D eigenvalue weighted by Crippen LogP contribution is 2.54. The minimum atomic E-state index is -0.901. The van der Waals surface area contributed by atoms with Crippen molar-refractivity contribution in [3.8, 4) is 0 Å². The van der Waals surface area contributed by atoms with Crippen LogP contribution < -0.4 is 0 Å². The SMILES string of the molecule is O=C(O)c1ccc2c(c1)[C@@H]1O[C@H]2c2cc(Br)ccc21. The van der Waals surface area contributed by atoms with Crippen LogP contribution in [0.25, 0.3) is 0 Å². The number of hydrogen-bond donors (Lipinski definition) is 1. The number of hydrogen-bond acceptors (Lipinski definition) is 2. The van der Waals surface area contributed by atoms with Gasteiger partial charge in [-0.3, -0.25) is 0 Å².